The summed E-state index contributed by atoms with van der Waals surface area (Å²) in [6, 6.07) is -1.21. The first kappa shape index (κ1) is 17.5. The van der Waals surface area contributed by atoms with Crippen molar-refractivity contribution in [1.82, 2.24) is 0 Å². The fourth-order valence-corrected chi connectivity index (χ4v) is 0.391. The molecule has 6 nitrogen and oxygen atoms in total. The molecule has 70 valence electrons. The number of carbonyl (C=O) groups excluding carboxylic acids is 2. The van der Waals surface area contributed by atoms with E-state index in [4.69, 9.17) is 5.73 Å². The maximum atomic E-state index is 9.86. The van der Waals surface area contributed by atoms with Crippen molar-refractivity contribution in [1.29, 1.82) is 0 Å². The molecule has 7 heteroatoms. The van der Waals surface area contributed by atoms with E-state index in [-0.39, 0.29) is 35.4 Å². The van der Waals surface area contributed by atoms with Crippen molar-refractivity contribution in [3.8, 4) is 0 Å². The Morgan fingerprint density at radius 2 is 1.75 bits per heavy atom. The molecule has 1 atom stereocenters. The van der Waals surface area contributed by atoms with Crippen molar-refractivity contribution in [3.63, 3.8) is 0 Å². The molecule has 0 aromatic heterocycles. The molecule has 0 radical (unpaired) electrons. The molecule has 0 saturated heterocycles. The second kappa shape index (κ2) is 8.48. The Hall–Kier alpha value is -0.621. The summed E-state index contributed by atoms with van der Waals surface area (Å²) in [5, 5.41) is 19.6. The number of nitrogens with two attached hydrogens (primary N) is 1. The molecule has 0 aromatic rings. The predicted octanol–water partition coefficient (Wildman–Crippen LogP) is -3.53. The Morgan fingerprint density at radius 3 is 2.00 bits per heavy atom. The fraction of sp³-hybridized carbons (Fsp3) is 0.600. The zero-order chi connectivity index (χ0) is 8.15. The zero-order valence-corrected chi connectivity index (χ0v) is 7.07. The van der Waals surface area contributed by atoms with Crippen LogP contribution in [0.5, 0.6) is 0 Å². The monoisotopic (exact) mass is 217 g/mol. The van der Waals surface area contributed by atoms with Gasteiger partial charge in [0.05, 0.1) is 5.97 Å². The molecule has 0 saturated carbocycles. The fourth-order valence-electron chi connectivity index (χ4n) is 0.391. The molecule has 0 spiro atoms. The second-order valence-corrected chi connectivity index (χ2v) is 1.84. The first-order valence-corrected chi connectivity index (χ1v) is 2.70. The van der Waals surface area contributed by atoms with Crippen LogP contribution in [0.25, 0.3) is 0 Å². The molecule has 0 aromatic carbocycles. The Bertz CT molecular complexity index is 151. The minimum Gasteiger partial charge on any atom is -2.00 e. The molecule has 0 aliphatic heterocycles. The Balaban J connectivity index is -0.000000405. The molecule has 0 aliphatic rings. The van der Waals surface area contributed by atoms with Gasteiger partial charge in [0.15, 0.2) is 0 Å². The van der Waals surface area contributed by atoms with Crippen LogP contribution in [0.1, 0.15) is 12.8 Å². The topological polar surface area (TPSA) is 135 Å². The van der Waals surface area contributed by atoms with Gasteiger partial charge in [-0.15, -0.1) is 0 Å². The van der Waals surface area contributed by atoms with Crippen LogP contribution < -0.4 is 15.9 Å². The Labute approximate surface area is 79.5 Å². The van der Waals surface area contributed by atoms with Gasteiger partial charge in [0.1, 0.15) is 0 Å². The third kappa shape index (κ3) is 9.38. The van der Waals surface area contributed by atoms with Crippen molar-refractivity contribution in [2.75, 3.05) is 0 Å². The SMILES string of the molecule is N[C@@H](CCC(=O)[O-])C(=O)[O-].[Fe+4].[O-2]. The van der Waals surface area contributed by atoms with E-state index in [2.05, 4.69) is 0 Å². The van der Waals surface area contributed by atoms with Crippen LogP contribution in [0.4, 0.5) is 0 Å². The number of rotatable bonds is 4. The normalized spacial score (nSPS) is 10.4. The molecule has 12 heavy (non-hydrogen) atoms. The molecule has 0 unspecified atom stereocenters. The summed E-state index contributed by atoms with van der Waals surface area (Å²) < 4.78 is 0. The van der Waals surface area contributed by atoms with Crippen LogP contribution in [0.2, 0.25) is 0 Å². The van der Waals surface area contributed by atoms with Crippen LogP contribution in [0, 0.1) is 0 Å². The molecule has 0 bridgehead atoms. The summed E-state index contributed by atoms with van der Waals surface area (Å²) in [4.78, 5) is 19.6. The van der Waals surface area contributed by atoms with E-state index in [1.807, 2.05) is 0 Å². The quantitative estimate of drug-likeness (QED) is 0.486. The Kier molecular flexibility index (Phi) is 12.3. The van der Waals surface area contributed by atoms with Crippen LogP contribution in [0.3, 0.4) is 0 Å². The van der Waals surface area contributed by atoms with Gasteiger partial charge in [-0.3, -0.25) is 0 Å². The molecule has 2 N–H and O–H groups in total. The van der Waals surface area contributed by atoms with Gasteiger partial charge in [0.25, 0.3) is 0 Å². The summed E-state index contributed by atoms with van der Waals surface area (Å²) in [6.45, 7) is 0. The smallest absolute Gasteiger partial charge is 2.00 e. The average molecular weight is 217 g/mol. The van der Waals surface area contributed by atoms with Gasteiger partial charge in [-0.25, -0.2) is 0 Å². The second-order valence-electron chi connectivity index (χ2n) is 1.84. The first-order chi connectivity index (χ1) is 4.54. The number of hydrogen-bond donors (Lipinski definition) is 1. The van der Waals surface area contributed by atoms with Crippen LogP contribution in [0.15, 0.2) is 0 Å². The van der Waals surface area contributed by atoms with Crippen molar-refractivity contribution in [2.45, 2.75) is 18.9 Å². The van der Waals surface area contributed by atoms with E-state index in [0.29, 0.717) is 0 Å². The number of aliphatic carboxylic acids is 2. The van der Waals surface area contributed by atoms with Gasteiger partial charge in [-0.05, 0) is 12.8 Å². The van der Waals surface area contributed by atoms with Gasteiger partial charge in [0.2, 0.25) is 0 Å². The summed E-state index contributed by atoms with van der Waals surface area (Å²) in [6.07, 6.45) is -0.500. The minimum absolute atomic E-state index is 0. The molecule has 0 heterocycles. The van der Waals surface area contributed by atoms with Crippen molar-refractivity contribution >= 4 is 11.9 Å². The van der Waals surface area contributed by atoms with Crippen molar-refractivity contribution < 1.29 is 42.3 Å². The maximum absolute atomic E-state index is 9.86. The van der Waals surface area contributed by atoms with Crippen molar-refractivity contribution in [3.05, 3.63) is 0 Å². The van der Waals surface area contributed by atoms with E-state index in [9.17, 15) is 19.8 Å². The number of hydrogen-bond acceptors (Lipinski definition) is 5. The van der Waals surface area contributed by atoms with Gasteiger partial charge in [0, 0.05) is 12.0 Å². The largest absolute Gasteiger partial charge is 4.00 e. The van der Waals surface area contributed by atoms with Crippen LogP contribution in [-0.4, -0.2) is 18.0 Å². The third-order valence-electron chi connectivity index (χ3n) is 0.962. The summed E-state index contributed by atoms with van der Waals surface area (Å²) in [5.74, 6) is -2.75. The van der Waals surface area contributed by atoms with E-state index < -0.39 is 18.0 Å². The summed E-state index contributed by atoms with van der Waals surface area (Å²) in [5.41, 5.74) is 4.91. The first-order valence-electron chi connectivity index (χ1n) is 2.70. The van der Waals surface area contributed by atoms with E-state index in [0.717, 1.165) is 0 Å². The number of carboxylic acids is 2. The van der Waals surface area contributed by atoms with Crippen molar-refractivity contribution in [2.24, 2.45) is 5.73 Å². The van der Waals surface area contributed by atoms with E-state index in [1.165, 1.54) is 0 Å². The zero-order valence-electron chi connectivity index (χ0n) is 5.96. The van der Waals surface area contributed by atoms with Gasteiger partial charge in [-0.2, -0.15) is 0 Å². The standard InChI is InChI=1S/C5H9NO4.Fe.O/c6-3(5(9)10)1-2-4(7)8;;/h3H,1-2,6H2,(H,7,8)(H,9,10);;/q;+4;-2/p-2/t3-;;/m0../s1. The van der Waals surface area contributed by atoms with E-state index >= 15 is 0 Å². The molecule has 0 aliphatic carbocycles. The molecule has 0 amide bonds. The predicted molar refractivity (Wildman–Crippen MR) is 27.9 cm³/mol. The summed E-state index contributed by atoms with van der Waals surface area (Å²) >= 11 is 0. The molecule has 0 fully saturated rings. The molecular formula is C5H7FeNO5. The van der Waals surface area contributed by atoms with Gasteiger partial charge >= 0.3 is 17.1 Å². The van der Waals surface area contributed by atoms with Crippen LogP contribution >= 0.6 is 0 Å². The minimum atomic E-state index is -1.44. The maximum Gasteiger partial charge on any atom is 4.00 e. The number of carboxylic acid groups (broad SMARTS) is 2. The number of carbonyl (C=O) groups is 2. The third-order valence-corrected chi connectivity index (χ3v) is 0.962. The average Bonchev–Trinajstić information content (AvgIpc) is 1.82. The van der Waals surface area contributed by atoms with Crippen LogP contribution in [-0.2, 0) is 32.1 Å². The van der Waals surface area contributed by atoms with E-state index in [1.54, 1.807) is 0 Å². The Morgan fingerprint density at radius 1 is 1.33 bits per heavy atom. The van der Waals surface area contributed by atoms with Gasteiger partial charge in [-0.1, -0.05) is 0 Å². The van der Waals surface area contributed by atoms with Gasteiger partial charge < -0.3 is 31.0 Å². The molecular weight excluding hydrogens is 210 g/mol. The molecule has 0 rings (SSSR count). The summed E-state index contributed by atoms with van der Waals surface area (Å²) in [7, 11) is 0.